The van der Waals surface area contributed by atoms with Crippen LogP contribution in [0.5, 0.6) is 5.75 Å². The van der Waals surface area contributed by atoms with Crippen LogP contribution in [0.2, 0.25) is 10.0 Å². The molecule has 10 nitrogen and oxygen atoms in total. The lowest BCUT2D eigenvalue weighted by Crippen LogP contribution is -2.53. The number of nitrogens with zero attached hydrogens (tertiary/aromatic N) is 5. The van der Waals surface area contributed by atoms with Crippen molar-refractivity contribution in [1.82, 2.24) is 24.9 Å². The Morgan fingerprint density at radius 1 is 0.877 bits per heavy atom. The van der Waals surface area contributed by atoms with E-state index < -0.39 is 23.8 Å². The molecule has 1 N–H and O–H groups in total. The van der Waals surface area contributed by atoms with Crippen LogP contribution < -0.4 is 10.1 Å². The van der Waals surface area contributed by atoms with Crippen molar-refractivity contribution in [2.45, 2.75) is 70.8 Å². The van der Waals surface area contributed by atoms with Crippen molar-refractivity contribution in [1.29, 1.82) is 0 Å². The highest BCUT2D eigenvalue weighted by Gasteiger charge is 2.45. The maximum absolute atomic E-state index is 14.9. The number of urea groups is 1. The van der Waals surface area contributed by atoms with Gasteiger partial charge in [-0.15, -0.1) is 0 Å². The third kappa shape index (κ3) is 9.87. The first-order valence-electron chi connectivity index (χ1n) is 19.6. The molecule has 0 saturated carbocycles. The summed E-state index contributed by atoms with van der Waals surface area (Å²) in [6.45, 7) is 9.16. The second-order valence-corrected chi connectivity index (χ2v) is 15.5. The van der Waals surface area contributed by atoms with E-state index in [0.29, 0.717) is 55.6 Å². The van der Waals surface area contributed by atoms with Crippen LogP contribution in [-0.4, -0.2) is 102 Å². The topological polar surface area (TPSA) is 97.8 Å². The molecule has 3 aromatic rings. The van der Waals surface area contributed by atoms with Crippen molar-refractivity contribution in [2.75, 3.05) is 52.4 Å². The summed E-state index contributed by atoms with van der Waals surface area (Å²) in [6, 6.07) is 15.5. The molecule has 6 rings (SSSR count). The van der Waals surface area contributed by atoms with Crippen LogP contribution in [0.4, 0.5) is 18.0 Å². The summed E-state index contributed by atoms with van der Waals surface area (Å²) in [6.07, 6.45) is -1.96. The highest BCUT2D eigenvalue weighted by Crippen LogP contribution is 2.46. The normalized spacial score (nSPS) is 20.6. The van der Waals surface area contributed by atoms with Gasteiger partial charge < -0.3 is 19.9 Å². The predicted octanol–water partition coefficient (Wildman–Crippen LogP) is 8.24. The van der Waals surface area contributed by atoms with Crippen LogP contribution in [-0.2, 0) is 15.8 Å². The first kappa shape index (κ1) is 42.3. The Labute approximate surface area is 341 Å². The molecule has 0 aliphatic carbocycles. The first-order chi connectivity index (χ1) is 27.3. The number of hydrogen-bond acceptors (Lipinski definition) is 6. The van der Waals surface area contributed by atoms with E-state index >= 15 is 0 Å². The van der Waals surface area contributed by atoms with Gasteiger partial charge >= 0.3 is 12.2 Å². The smallest absolute Gasteiger partial charge is 0.416 e. The summed E-state index contributed by atoms with van der Waals surface area (Å²) in [4.78, 5) is 53.4. The minimum atomic E-state index is -4.62. The van der Waals surface area contributed by atoms with Crippen molar-refractivity contribution < 1.29 is 32.3 Å². The van der Waals surface area contributed by atoms with Crippen LogP contribution in [0.3, 0.4) is 0 Å². The number of likely N-dealkylation sites (tertiary alicyclic amines) is 2. The molecule has 0 aromatic heterocycles. The van der Waals surface area contributed by atoms with Crippen LogP contribution in [0.1, 0.15) is 80.8 Å². The molecule has 306 valence electrons. The molecule has 3 atom stereocenters. The number of carbonyl (C=O) groups is 3. The van der Waals surface area contributed by atoms with Crippen molar-refractivity contribution in [2.24, 2.45) is 10.9 Å². The summed E-state index contributed by atoms with van der Waals surface area (Å²) in [5, 5.41) is 4.16. The Balaban J connectivity index is 1.24. The number of piperidine rings is 2. The monoisotopic (exact) mass is 828 g/mol. The molecule has 3 unspecified atom stereocenters. The minimum Gasteiger partial charge on any atom is -0.493 e. The quantitative estimate of drug-likeness (QED) is 0.210. The molecular weight excluding hydrogens is 780 g/mol. The van der Waals surface area contributed by atoms with Gasteiger partial charge in [0.1, 0.15) is 17.6 Å². The molecule has 3 aromatic carbocycles. The van der Waals surface area contributed by atoms with Gasteiger partial charge in [-0.3, -0.25) is 24.4 Å². The van der Waals surface area contributed by atoms with Crippen LogP contribution >= 0.6 is 23.2 Å². The number of carbonyl (C=O) groups excluding carboxylic acids is 3. The zero-order chi connectivity index (χ0) is 40.9. The first-order valence-corrected chi connectivity index (χ1v) is 20.4. The van der Waals surface area contributed by atoms with Gasteiger partial charge in [-0.05, 0) is 107 Å². The zero-order valence-electron chi connectivity index (χ0n) is 32.4. The largest absolute Gasteiger partial charge is 0.493 e. The van der Waals surface area contributed by atoms with Crippen LogP contribution in [0.15, 0.2) is 71.7 Å². The fraction of sp³-hybridized carbons (Fsp3) is 0.476. The molecule has 3 aliphatic rings. The second-order valence-electron chi connectivity index (χ2n) is 14.7. The zero-order valence-corrected chi connectivity index (χ0v) is 33.9. The number of benzene rings is 3. The van der Waals surface area contributed by atoms with Crippen LogP contribution in [0.25, 0.3) is 0 Å². The predicted molar refractivity (Wildman–Crippen MR) is 215 cm³/mol. The fourth-order valence-electron chi connectivity index (χ4n) is 8.05. The number of amidine groups is 1. The third-order valence-corrected chi connectivity index (χ3v) is 11.5. The van der Waals surface area contributed by atoms with Crippen molar-refractivity contribution in [3.63, 3.8) is 0 Å². The van der Waals surface area contributed by atoms with E-state index in [2.05, 4.69) is 5.32 Å². The van der Waals surface area contributed by atoms with E-state index in [0.717, 1.165) is 42.6 Å². The van der Waals surface area contributed by atoms with Crippen LogP contribution in [0, 0.1) is 5.92 Å². The number of alkyl halides is 3. The number of rotatable bonds is 11. The SMILES string of the molecule is CCOc1cc(C(F)(F)F)ccc1C1=NC(c2ccc(Cl)cc2)C(c2ccc(Cl)cc2)N1C(=O)N1CCC(NC(=O)CN2CCCC(C(=O)N(CC)CC)C2)CC1. The van der Waals surface area contributed by atoms with E-state index in [1.165, 1.54) is 6.07 Å². The Hall–Kier alpha value is -4.33. The fourth-order valence-corrected chi connectivity index (χ4v) is 8.30. The third-order valence-electron chi connectivity index (χ3n) is 11.0. The van der Waals surface area contributed by atoms with E-state index in [9.17, 15) is 27.6 Å². The Kier molecular flexibility index (Phi) is 13.7. The number of amides is 4. The lowest BCUT2D eigenvalue weighted by atomic mass is 9.93. The number of halogens is 5. The average Bonchev–Trinajstić information content (AvgIpc) is 3.59. The number of hydrogen-bond donors (Lipinski definition) is 1. The molecule has 0 bridgehead atoms. The standard InChI is InChI=1S/C42H49Cl2F3N6O4/c1-4-51(5-2)40(55)29-8-7-21-50(25-29)26-36(54)48-33-19-22-52(23-20-33)41(56)53-38(28-11-16-32(44)17-12-28)37(27-9-14-31(43)15-10-27)49-39(53)34-18-13-30(42(45,46)47)24-35(34)57-6-3/h9-18,24,29,33,37-38H,4-8,19-23,25-26H2,1-3H3,(H,48,54). The summed E-state index contributed by atoms with van der Waals surface area (Å²) in [7, 11) is 0. The number of ether oxygens (including phenoxy) is 1. The molecule has 3 aliphatic heterocycles. The Bertz CT molecular complexity index is 1920. The highest BCUT2D eigenvalue weighted by atomic mass is 35.5. The van der Waals surface area contributed by atoms with Crippen molar-refractivity contribution in [3.05, 3.63) is 99.0 Å². The summed E-state index contributed by atoms with van der Waals surface area (Å²) >= 11 is 12.6. The summed E-state index contributed by atoms with van der Waals surface area (Å²) < 4.78 is 47.5. The number of nitrogens with one attached hydrogen (secondary N) is 1. The highest BCUT2D eigenvalue weighted by molar-refractivity contribution is 6.30. The van der Waals surface area contributed by atoms with Gasteiger partial charge in [0.2, 0.25) is 11.8 Å². The van der Waals surface area contributed by atoms with Crippen molar-refractivity contribution >= 4 is 46.9 Å². The molecule has 2 saturated heterocycles. The molecule has 57 heavy (non-hydrogen) atoms. The lowest BCUT2D eigenvalue weighted by Gasteiger charge is -2.38. The molecule has 0 radical (unpaired) electrons. The molecule has 3 heterocycles. The molecule has 2 fully saturated rings. The maximum atomic E-state index is 14.9. The van der Waals surface area contributed by atoms with Crippen molar-refractivity contribution in [3.8, 4) is 5.75 Å². The lowest BCUT2D eigenvalue weighted by molar-refractivity contribution is -0.138. The van der Waals surface area contributed by atoms with Gasteiger partial charge in [0, 0.05) is 48.8 Å². The van der Waals surface area contributed by atoms with Gasteiger partial charge in [-0.25, -0.2) is 4.79 Å². The second kappa shape index (κ2) is 18.5. The minimum absolute atomic E-state index is 0.0469. The molecular formula is C42H49Cl2F3N6O4. The van der Waals surface area contributed by atoms with E-state index in [1.807, 2.05) is 47.9 Å². The van der Waals surface area contributed by atoms with Gasteiger partial charge in [-0.1, -0.05) is 47.5 Å². The summed E-state index contributed by atoms with van der Waals surface area (Å²) in [5.74, 6) is 0.0201. The number of aliphatic imine (C=N–C) groups is 1. The van der Waals surface area contributed by atoms with E-state index in [-0.39, 0.29) is 60.1 Å². The maximum Gasteiger partial charge on any atom is 0.416 e. The van der Waals surface area contributed by atoms with Gasteiger partial charge in [-0.2, -0.15) is 13.2 Å². The average molecular weight is 830 g/mol. The molecule has 15 heteroatoms. The van der Waals surface area contributed by atoms with Gasteiger partial charge in [0.15, 0.2) is 0 Å². The van der Waals surface area contributed by atoms with E-state index in [1.54, 1.807) is 41.0 Å². The Morgan fingerprint density at radius 2 is 1.51 bits per heavy atom. The van der Waals surface area contributed by atoms with Gasteiger partial charge in [0.25, 0.3) is 0 Å². The molecule has 0 spiro atoms. The Morgan fingerprint density at radius 3 is 2.11 bits per heavy atom. The molecule has 4 amide bonds. The van der Waals surface area contributed by atoms with Gasteiger partial charge in [0.05, 0.1) is 36.2 Å². The summed E-state index contributed by atoms with van der Waals surface area (Å²) in [5.41, 5.74) is 0.828. The van der Waals surface area contributed by atoms with E-state index in [4.69, 9.17) is 32.9 Å².